The number of carboxylic acid groups (broad SMARTS) is 1. The van der Waals surface area contributed by atoms with Gasteiger partial charge in [-0.15, -0.1) is 0 Å². The number of methoxy groups -OCH3 is 1. The minimum absolute atomic E-state index is 0.00500. The van der Waals surface area contributed by atoms with E-state index in [0.717, 1.165) is 12.1 Å². The van der Waals surface area contributed by atoms with Gasteiger partial charge in [0.2, 0.25) is 0 Å². The highest BCUT2D eigenvalue weighted by Crippen LogP contribution is 2.52. The summed E-state index contributed by atoms with van der Waals surface area (Å²) in [7, 11) is 1.40. The van der Waals surface area contributed by atoms with Gasteiger partial charge in [-0.2, -0.15) is 0 Å². The molecule has 1 aromatic carbocycles. The van der Waals surface area contributed by atoms with Crippen LogP contribution in [-0.4, -0.2) is 18.2 Å². The molecular weight excluding hydrogens is 242 g/mol. The van der Waals surface area contributed by atoms with Crippen LogP contribution >= 0.6 is 0 Å². The lowest BCUT2D eigenvalue weighted by Crippen LogP contribution is -2.15. The fourth-order valence-electron chi connectivity index (χ4n) is 2.24. The monoisotopic (exact) mass is 256 g/mol. The van der Waals surface area contributed by atoms with Crippen LogP contribution in [0.4, 0.5) is 8.78 Å². The van der Waals surface area contributed by atoms with E-state index in [1.807, 2.05) is 0 Å². The molecule has 5 heteroatoms. The molecule has 0 amide bonds. The second kappa shape index (κ2) is 4.65. The van der Waals surface area contributed by atoms with Crippen LogP contribution in [0.5, 0.6) is 0 Å². The number of halogens is 2. The molecule has 2 rings (SSSR count). The summed E-state index contributed by atoms with van der Waals surface area (Å²) in [6, 6.07) is 2.20. The summed E-state index contributed by atoms with van der Waals surface area (Å²) < 4.78 is 32.4. The standard InChI is InChI=1S/C13H14F2O3/c1-18-7-8-4-11(15)9(5-10(8)14)13(2-3-13)6-12(16)17/h4-5H,2-3,6-7H2,1H3,(H,16,17). The smallest absolute Gasteiger partial charge is 0.304 e. The Labute approximate surface area is 103 Å². The number of hydrogen-bond acceptors (Lipinski definition) is 2. The van der Waals surface area contributed by atoms with Gasteiger partial charge in [0.05, 0.1) is 13.0 Å². The highest BCUT2D eigenvalue weighted by atomic mass is 19.1. The maximum absolute atomic E-state index is 13.9. The zero-order valence-corrected chi connectivity index (χ0v) is 10.0. The highest BCUT2D eigenvalue weighted by molar-refractivity contribution is 5.70. The van der Waals surface area contributed by atoms with Crippen molar-refractivity contribution >= 4 is 5.97 Å². The van der Waals surface area contributed by atoms with Gasteiger partial charge in [-0.1, -0.05) is 0 Å². The predicted octanol–water partition coefficient (Wildman–Crippen LogP) is 2.62. The van der Waals surface area contributed by atoms with Gasteiger partial charge in [0.1, 0.15) is 11.6 Å². The van der Waals surface area contributed by atoms with E-state index in [9.17, 15) is 13.6 Å². The van der Waals surface area contributed by atoms with Crippen LogP contribution in [0.3, 0.4) is 0 Å². The van der Waals surface area contributed by atoms with E-state index in [2.05, 4.69) is 0 Å². The minimum atomic E-state index is -0.992. The van der Waals surface area contributed by atoms with Gasteiger partial charge in [-0.3, -0.25) is 4.79 Å². The SMILES string of the molecule is COCc1cc(F)c(C2(CC(=O)O)CC2)cc1F. The van der Waals surface area contributed by atoms with E-state index >= 15 is 0 Å². The quantitative estimate of drug-likeness (QED) is 0.880. The lowest BCUT2D eigenvalue weighted by Gasteiger charge is -2.15. The highest BCUT2D eigenvalue weighted by Gasteiger charge is 2.48. The van der Waals surface area contributed by atoms with Gasteiger partial charge < -0.3 is 9.84 Å². The first-order valence-corrected chi connectivity index (χ1v) is 5.68. The Morgan fingerprint density at radius 1 is 1.39 bits per heavy atom. The molecular formula is C13H14F2O3. The Kier molecular flexibility index (Phi) is 3.34. The molecule has 1 N–H and O–H groups in total. The summed E-state index contributed by atoms with van der Waals surface area (Å²) in [6.45, 7) is -0.00500. The van der Waals surface area contributed by atoms with Crippen LogP contribution in [-0.2, 0) is 21.6 Å². The lowest BCUT2D eigenvalue weighted by molar-refractivity contribution is -0.137. The molecule has 18 heavy (non-hydrogen) atoms. The summed E-state index contributed by atoms with van der Waals surface area (Å²) >= 11 is 0. The molecule has 1 aromatic rings. The predicted molar refractivity (Wildman–Crippen MR) is 60.2 cm³/mol. The van der Waals surface area contributed by atoms with Crippen molar-refractivity contribution in [3.63, 3.8) is 0 Å². The van der Waals surface area contributed by atoms with Crippen molar-refractivity contribution in [3.8, 4) is 0 Å². The molecule has 98 valence electrons. The number of benzene rings is 1. The lowest BCUT2D eigenvalue weighted by atomic mass is 9.91. The molecule has 0 heterocycles. The van der Waals surface area contributed by atoms with Crippen LogP contribution < -0.4 is 0 Å². The van der Waals surface area contributed by atoms with Crippen molar-refractivity contribution in [1.29, 1.82) is 0 Å². The Hall–Kier alpha value is -1.49. The maximum Gasteiger partial charge on any atom is 0.304 e. The van der Waals surface area contributed by atoms with Crippen molar-refractivity contribution < 1.29 is 23.4 Å². The molecule has 1 aliphatic rings. The summed E-state index contributed by atoms with van der Waals surface area (Å²) in [5.74, 6) is -2.10. The topological polar surface area (TPSA) is 46.5 Å². The molecule has 1 saturated carbocycles. The third kappa shape index (κ3) is 2.36. The number of rotatable bonds is 5. The molecule has 0 radical (unpaired) electrons. The Balaban J connectivity index is 2.35. The van der Waals surface area contributed by atoms with Gasteiger partial charge in [-0.25, -0.2) is 8.78 Å². The van der Waals surface area contributed by atoms with Gasteiger partial charge in [-0.05, 0) is 30.5 Å². The Bertz CT molecular complexity index is 481. The number of ether oxygens (including phenoxy) is 1. The van der Waals surface area contributed by atoms with Crippen molar-refractivity contribution in [1.82, 2.24) is 0 Å². The Morgan fingerprint density at radius 2 is 2.06 bits per heavy atom. The normalized spacial score (nSPS) is 16.6. The van der Waals surface area contributed by atoms with Crippen LogP contribution in [0, 0.1) is 11.6 Å². The van der Waals surface area contributed by atoms with E-state index in [1.54, 1.807) is 0 Å². The number of hydrogen-bond donors (Lipinski definition) is 1. The van der Waals surface area contributed by atoms with Gasteiger partial charge in [0.25, 0.3) is 0 Å². The van der Waals surface area contributed by atoms with Crippen molar-refractivity contribution in [2.24, 2.45) is 0 Å². The number of carbonyl (C=O) groups is 1. The zero-order chi connectivity index (χ0) is 13.3. The van der Waals surface area contributed by atoms with Gasteiger partial charge in [0, 0.05) is 18.1 Å². The molecule has 1 aliphatic carbocycles. The molecule has 1 fully saturated rings. The van der Waals surface area contributed by atoms with E-state index in [1.165, 1.54) is 7.11 Å². The van der Waals surface area contributed by atoms with Crippen LogP contribution in [0.1, 0.15) is 30.4 Å². The summed E-state index contributed by atoms with van der Waals surface area (Å²) in [5, 5.41) is 8.81. The first kappa shape index (κ1) is 13.0. The van der Waals surface area contributed by atoms with Gasteiger partial charge in [0.15, 0.2) is 0 Å². The Morgan fingerprint density at radius 3 is 2.56 bits per heavy atom. The molecule has 0 saturated heterocycles. The van der Waals surface area contributed by atoms with E-state index in [4.69, 9.17) is 9.84 Å². The summed E-state index contributed by atoms with van der Waals surface area (Å²) in [5.41, 5.74) is -0.408. The minimum Gasteiger partial charge on any atom is -0.481 e. The maximum atomic E-state index is 13.9. The molecule has 3 nitrogen and oxygen atoms in total. The van der Waals surface area contributed by atoms with E-state index < -0.39 is 23.0 Å². The molecule has 0 unspecified atom stereocenters. The fourth-order valence-corrected chi connectivity index (χ4v) is 2.24. The first-order chi connectivity index (χ1) is 8.48. The zero-order valence-electron chi connectivity index (χ0n) is 10.0. The van der Waals surface area contributed by atoms with E-state index in [-0.39, 0.29) is 24.2 Å². The number of aliphatic carboxylic acids is 1. The summed E-state index contributed by atoms with van der Waals surface area (Å²) in [6.07, 6.45) is 1.01. The molecule has 0 atom stereocenters. The van der Waals surface area contributed by atoms with Gasteiger partial charge >= 0.3 is 5.97 Å². The van der Waals surface area contributed by atoms with Crippen LogP contribution in [0.2, 0.25) is 0 Å². The third-order valence-electron chi connectivity index (χ3n) is 3.35. The second-order valence-electron chi connectivity index (χ2n) is 4.71. The van der Waals surface area contributed by atoms with Crippen LogP contribution in [0.15, 0.2) is 12.1 Å². The second-order valence-corrected chi connectivity index (χ2v) is 4.71. The average molecular weight is 256 g/mol. The van der Waals surface area contributed by atoms with Crippen molar-refractivity contribution in [2.75, 3.05) is 7.11 Å². The first-order valence-electron chi connectivity index (χ1n) is 5.68. The van der Waals surface area contributed by atoms with Crippen molar-refractivity contribution in [2.45, 2.75) is 31.3 Å². The molecule has 0 spiro atoms. The molecule has 0 aliphatic heterocycles. The largest absolute Gasteiger partial charge is 0.481 e. The summed E-state index contributed by atoms with van der Waals surface area (Å²) in [4.78, 5) is 10.8. The molecule has 0 aromatic heterocycles. The van der Waals surface area contributed by atoms with Crippen LogP contribution in [0.25, 0.3) is 0 Å². The number of carboxylic acids is 1. The fraction of sp³-hybridized carbons (Fsp3) is 0.462. The van der Waals surface area contributed by atoms with E-state index in [0.29, 0.717) is 12.8 Å². The van der Waals surface area contributed by atoms with Crippen molar-refractivity contribution in [3.05, 3.63) is 34.9 Å². The average Bonchev–Trinajstić information content (AvgIpc) is 3.03. The third-order valence-corrected chi connectivity index (χ3v) is 3.35. The molecule has 0 bridgehead atoms.